The summed E-state index contributed by atoms with van der Waals surface area (Å²) in [5.74, 6) is -0.974. The number of amides is 3. The lowest BCUT2D eigenvalue weighted by Crippen LogP contribution is -2.52. The van der Waals surface area contributed by atoms with E-state index in [4.69, 9.17) is 5.73 Å². The molecule has 1 unspecified atom stereocenters. The van der Waals surface area contributed by atoms with Crippen LogP contribution >= 0.6 is 0 Å². The zero-order valence-electron chi connectivity index (χ0n) is 14.6. The fourth-order valence-corrected chi connectivity index (χ4v) is 3.37. The molecule has 134 valence electrons. The smallest absolute Gasteiger partial charge is 0.248 e. The van der Waals surface area contributed by atoms with Crippen LogP contribution in [0.3, 0.4) is 0 Å². The van der Waals surface area contributed by atoms with Crippen molar-refractivity contribution in [2.45, 2.75) is 25.4 Å². The average Bonchev–Trinajstić information content (AvgIpc) is 2.66. The van der Waals surface area contributed by atoms with Gasteiger partial charge in [0, 0.05) is 25.6 Å². The quantitative estimate of drug-likeness (QED) is 0.862. The van der Waals surface area contributed by atoms with Crippen LogP contribution in [0.5, 0.6) is 0 Å². The minimum Gasteiger partial charge on any atom is -0.366 e. The lowest BCUT2D eigenvalue weighted by Gasteiger charge is -2.36. The summed E-state index contributed by atoms with van der Waals surface area (Å²) in [5, 5.41) is 2.64. The molecule has 2 aromatic rings. The number of hydrogen-bond acceptors (Lipinski definition) is 3. The number of primary amides is 1. The molecule has 26 heavy (non-hydrogen) atoms. The van der Waals surface area contributed by atoms with Crippen LogP contribution in [-0.4, -0.2) is 35.7 Å². The summed E-state index contributed by atoms with van der Waals surface area (Å²) in [7, 11) is 1.56. The molecule has 0 aromatic heterocycles. The number of fused-ring (bicyclic) bond motifs is 1. The molecule has 0 spiro atoms. The van der Waals surface area contributed by atoms with Gasteiger partial charge < -0.3 is 16.0 Å². The predicted molar refractivity (Wildman–Crippen MR) is 97.2 cm³/mol. The molecule has 1 aliphatic heterocycles. The van der Waals surface area contributed by atoms with Gasteiger partial charge in [-0.05, 0) is 22.8 Å². The summed E-state index contributed by atoms with van der Waals surface area (Å²) >= 11 is 0. The van der Waals surface area contributed by atoms with Gasteiger partial charge in [0.2, 0.25) is 17.7 Å². The van der Waals surface area contributed by atoms with E-state index in [1.165, 1.54) is 0 Å². The molecule has 2 aromatic carbocycles. The Bertz CT molecular complexity index is 863. The van der Waals surface area contributed by atoms with Gasteiger partial charge in [0.25, 0.3) is 0 Å². The first-order chi connectivity index (χ1) is 12.5. The van der Waals surface area contributed by atoms with E-state index in [9.17, 15) is 14.4 Å². The highest BCUT2D eigenvalue weighted by Crippen LogP contribution is 2.24. The molecule has 3 amide bonds. The lowest BCUT2D eigenvalue weighted by atomic mass is 9.92. The number of carbonyl (C=O) groups excluding carboxylic acids is 3. The normalized spacial score (nSPS) is 15.9. The first-order valence-corrected chi connectivity index (χ1v) is 8.46. The van der Waals surface area contributed by atoms with E-state index in [2.05, 4.69) is 5.32 Å². The predicted octanol–water partition coefficient (Wildman–Crippen LogP) is 1.03. The average molecular weight is 351 g/mol. The monoisotopic (exact) mass is 351 g/mol. The highest BCUT2D eigenvalue weighted by molar-refractivity contribution is 5.96. The van der Waals surface area contributed by atoms with E-state index in [-0.39, 0.29) is 18.2 Å². The summed E-state index contributed by atoms with van der Waals surface area (Å²) < 4.78 is 0. The van der Waals surface area contributed by atoms with Crippen molar-refractivity contribution in [3.8, 4) is 0 Å². The third-order valence-corrected chi connectivity index (χ3v) is 4.74. The molecule has 0 fully saturated rings. The molecule has 1 atom stereocenters. The van der Waals surface area contributed by atoms with Gasteiger partial charge in [-0.3, -0.25) is 14.4 Å². The standard InChI is InChI=1S/C20H21N3O3/c1-22-20(26)17-10-13-6-2-3-8-15(13)12-23(17)18(24)11-14-7-4-5-9-16(14)19(21)25/h2-9,17H,10-12H2,1H3,(H2,21,25)(H,22,26). The van der Waals surface area contributed by atoms with Gasteiger partial charge in [-0.15, -0.1) is 0 Å². The fourth-order valence-electron chi connectivity index (χ4n) is 3.37. The Morgan fingerprint density at radius 1 is 1.08 bits per heavy atom. The van der Waals surface area contributed by atoms with Crippen molar-refractivity contribution < 1.29 is 14.4 Å². The van der Waals surface area contributed by atoms with Crippen molar-refractivity contribution in [3.05, 3.63) is 70.8 Å². The van der Waals surface area contributed by atoms with Gasteiger partial charge >= 0.3 is 0 Å². The minimum absolute atomic E-state index is 0.0226. The van der Waals surface area contributed by atoms with Crippen LogP contribution in [0.1, 0.15) is 27.0 Å². The van der Waals surface area contributed by atoms with E-state index in [1.54, 1.807) is 36.2 Å². The number of benzene rings is 2. The van der Waals surface area contributed by atoms with Crippen LogP contribution in [0.15, 0.2) is 48.5 Å². The minimum atomic E-state index is -0.569. The second-order valence-electron chi connectivity index (χ2n) is 6.32. The Morgan fingerprint density at radius 2 is 1.73 bits per heavy atom. The fraction of sp³-hybridized carbons (Fsp3) is 0.250. The number of rotatable bonds is 4. The Labute approximate surface area is 152 Å². The largest absolute Gasteiger partial charge is 0.366 e. The molecule has 3 rings (SSSR count). The van der Waals surface area contributed by atoms with E-state index < -0.39 is 11.9 Å². The first kappa shape index (κ1) is 17.7. The number of likely N-dealkylation sites (N-methyl/N-ethyl adjacent to an activating group) is 1. The van der Waals surface area contributed by atoms with Crippen molar-refractivity contribution >= 4 is 17.7 Å². The van der Waals surface area contributed by atoms with Crippen LogP contribution in [0.25, 0.3) is 0 Å². The van der Waals surface area contributed by atoms with Crippen molar-refractivity contribution in [1.82, 2.24) is 10.2 Å². The molecular weight excluding hydrogens is 330 g/mol. The van der Waals surface area contributed by atoms with Gasteiger partial charge in [0.05, 0.1) is 6.42 Å². The molecule has 0 bridgehead atoms. The Hall–Kier alpha value is -3.15. The van der Waals surface area contributed by atoms with Crippen molar-refractivity contribution in [2.24, 2.45) is 5.73 Å². The van der Waals surface area contributed by atoms with Gasteiger partial charge in [0.15, 0.2) is 0 Å². The van der Waals surface area contributed by atoms with Crippen molar-refractivity contribution in [2.75, 3.05) is 7.05 Å². The molecule has 0 saturated carbocycles. The van der Waals surface area contributed by atoms with Gasteiger partial charge in [0.1, 0.15) is 6.04 Å². The second kappa shape index (κ2) is 7.39. The van der Waals surface area contributed by atoms with Crippen LogP contribution in [-0.2, 0) is 29.0 Å². The Balaban J connectivity index is 1.89. The summed E-state index contributed by atoms with van der Waals surface area (Å²) in [4.78, 5) is 38.5. The zero-order valence-corrected chi connectivity index (χ0v) is 14.6. The van der Waals surface area contributed by atoms with E-state index >= 15 is 0 Å². The Morgan fingerprint density at radius 3 is 2.42 bits per heavy atom. The van der Waals surface area contributed by atoms with E-state index in [0.717, 1.165) is 11.1 Å². The van der Waals surface area contributed by atoms with E-state index in [1.807, 2.05) is 24.3 Å². The number of hydrogen-bond donors (Lipinski definition) is 2. The molecule has 6 heteroatoms. The molecule has 1 heterocycles. The number of carbonyl (C=O) groups is 3. The first-order valence-electron chi connectivity index (χ1n) is 8.46. The van der Waals surface area contributed by atoms with Crippen LogP contribution < -0.4 is 11.1 Å². The summed E-state index contributed by atoms with van der Waals surface area (Å²) in [6.07, 6.45) is 0.494. The third kappa shape index (κ3) is 3.44. The van der Waals surface area contributed by atoms with Crippen LogP contribution in [0.4, 0.5) is 0 Å². The lowest BCUT2D eigenvalue weighted by molar-refractivity contribution is -0.141. The topological polar surface area (TPSA) is 92.5 Å². The number of nitrogens with one attached hydrogen (secondary N) is 1. The zero-order chi connectivity index (χ0) is 18.7. The highest BCUT2D eigenvalue weighted by Gasteiger charge is 2.34. The van der Waals surface area contributed by atoms with Crippen molar-refractivity contribution in [3.63, 3.8) is 0 Å². The molecular formula is C20H21N3O3. The maximum absolute atomic E-state index is 13.0. The SMILES string of the molecule is CNC(=O)C1Cc2ccccc2CN1C(=O)Cc1ccccc1C(N)=O. The molecule has 3 N–H and O–H groups in total. The number of nitrogens with zero attached hydrogens (tertiary/aromatic N) is 1. The molecule has 6 nitrogen and oxygen atoms in total. The summed E-state index contributed by atoms with van der Waals surface area (Å²) in [6.45, 7) is 0.367. The maximum atomic E-state index is 13.0. The molecule has 1 aliphatic rings. The Kier molecular flexibility index (Phi) is 5.02. The maximum Gasteiger partial charge on any atom is 0.248 e. The van der Waals surface area contributed by atoms with Gasteiger partial charge in [-0.2, -0.15) is 0 Å². The molecule has 0 saturated heterocycles. The number of nitrogens with two attached hydrogens (primary N) is 1. The summed E-state index contributed by atoms with van der Waals surface area (Å²) in [5.41, 5.74) is 8.40. The summed E-state index contributed by atoms with van der Waals surface area (Å²) in [6, 6.07) is 14.0. The van der Waals surface area contributed by atoms with Crippen LogP contribution in [0.2, 0.25) is 0 Å². The molecule has 0 radical (unpaired) electrons. The second-order valence-corrected chi connectivity index (χ2v) is 6.32. The third-order valence-electron chi connectivity index (χ3n) is 4.74. The van der Waals surface area contributed by atoms with Crippen molar-refractivity contribution in [1.29, 1.82) is 0 Å². The van der Waals surface area contributed by atoms with Gasteiger partial charge in [-0.25, -0.2) is 0 Å². The van der Waals surface area contributed by atoms with Crippen LogP contribution in [0, 0.1) is 0 Å². The highest BCUT2D eigenvalue weighted by atomic mass is 16.2. The van der Waals surface area contributed by atoms with Gasteiger partial charge in [-0.1, -0.05) is 42.5 Å². The van der Waals surface area contributed by atoms with E-state index in [0.29, 0.717) is 24.1 Å². The molecule has 0 aliphatic carbocycles.